The minimum atomic E-state index is -2.07. The summed E-state index contributed by atoms with van der Waals surface area (Å²) in [5.41, 5.74) is 1.44. The van der Waals surface area contributed by atoms with Crippen LogP contribution in [0.2, 0.25) is 0 Å². The third-order valence-electron chi connectivity index (χ3n) is 4.47. The molecule has 0 atom stereocenters. The lowest BCUT2D eigenvalue weighted by atomic mass is 10.2. The van der Waals surface area contributed by atoms with Crippen LogP contribution < -0.4 is 20.0 Å². The van der Waals surface area contributed by atoms with Gasteiger partial charge < -0.3 is 49.3 Å². The second kappa shape index (κ2) is 17.5. The molecule has 0 amide bonds. The smallest absolute Gasteiger partial charge is 0.351 e. The summed E-state index contributed by atoms with van der Waals surface area (Å²) in [5, 5.41) is 32.6. The van der Waals surface area contributed by atoms with Crippen molar-refractivity contribution in [3.05, 3.63) is 35.9 Å². The highest BCUT2D eigenvalue weighted by Crippen LogP contribution is 1.95. The maximum Gasteiger partial charge on any atom is 0.351 e. The van der Waals surface area contributed by atoms with Crippen molar-refractivity contribution < 1.29 is 58.9 Å². The molecule has 1 aromatic carbocycles. The maximum absolute atomic E-state index is 9.04. The van der Waals surface area contributed by atoms with Gasteiger partial charge in [0.1, 0.15) is 39.3 Å². The largest absolute Gasteiger partial charge is 0.539 e. The van der Waals surface area contributed by atoms with Crippen molar-refractivity contribution in [3.63, 3.8) is 0 Å². The van der Waals surface area contributed by atoms with E-state index in [1.54, 1.807) is 9.80 Å². The number of carbonyl (C=O) groups is 4. The molecule has 1 saturated heterocycles. The summed E-state index contributed by atoms with van der Waals surface area (Å²) in [5.74, 6) is -8.02. The Morgan fingerprint density at radius 3 is 1.61 bits per heavy atom. The van der Waals surface area contributed by atoms with Crippen molar-refractivity contribution in [2.24, 2.45) is 0 Å². The van der Waals surface area contributed by atoms with Crippen molar-refractivity contribution in [3.8, 4) is 0 Å². The number of nitrogens with one attached hydrogen (secondary N) is 2. The average Bonchev–Trinajstić information content (AvgIpc) is 2.77. The summed E-state index contributed by atoms with van der Waals surface area (Å²) < 4.78 is 11.3. The molecule has 0 saturated carbocycles. The lowest BCUT2D eigenvalue weighted by Crippen LogP contribution is -3.28. The molecule has 1 fully saturated rings. The minimum absolute atomic E-state index is 0.0364. The number of ether oxygens (including phenoxy) is 2. The van der Waals surface area contributed by atoms with E-state index in [1.165, 1.54) is 31.7 Å². The van der Waals surface area contributed by atoms with Crippen molar-refractivity contribution in [1.29, 1.82) is 0 Å². The lowest BCUT2D eigenvalue weighted by molar-refractivity contribution is -1.02. The van der Waals surface area contributed by atoms with Gasteiger partial charge in [-0.15, -0.1) is 0 Å². The van der Waals surface area contributed by atoms with Crippen LogP contribution in [0.1, 0.15) is 19.4 Å². The predicted octanol–water partition coefficient (Wildman–Crippen LogP) is -4.99. The first-order valence-corrected chi connectivity index (χ1v) is 10.4. The van der Waals surface area contributed by atoms with E-state index >= 15 is 0 Å². The number of piperazine rings is 1. The second-order valence-corrected chi connectivity index (χ2v) is 6.89. The molecule has 12 heteroatoms. The number of benzene rings is 1. The van der Waals surface area contributed by atoms with Gasteiger partial charge in [0.15, 0.2) is 11.9 Å². The topological polar surface area (TPSA) is 182 Å². The molecule has 1 aliphatic heterocycles. The molecule has 186 valence electrons. The van der Waals surface area contributed by atoms with E-state index in [0.717, 1.165) is 26.3 Å². The number of carboxylic acids is 4. The molecule has 0 unspecified atom stereocenters. The molecule has 1 heterocycles. The quantitative estimate of drug-likeness (QED) is 0.211. The average molecular weight is 472 g/mol. The first-order chi connectivity index (χ1) is 15.6. The van der Waals surface area contributed by atoms with Crippen LogP contribution in [0.4, 0.5) is 0 Å². The lowest BCUT2D eigenvalue weighted by Gasteiger charge is -2.31. The zero-order valence-corrected chi connectivity index (χ0v) is 18.8. The van der Waals surface area contributed by atoms with E-state index < -0.39 is 23.9 Å². The fraction of sp³-hybridized carbons (Fsp3) is 0.524. The van der Waals surface area contributed by atoms with Gasteiger partial charge in [-0.05, 0) is 13.8 Å². The summed E-state index contributed by atoms with van der Waals surface area (Å²) in [6.45, 7) is 12.5. The normalized spacial score (nSPS) is 17.1. The predicted molar refractivity (Wildman–Crippen MR) is 109 cm³/mol. The van der Waals surface area contributed by atoms with Crippen molar-refractivity contribution >= 4 is 23.9 Å². The van der Waals surface area contributed by atoms with Gasteiger partial charge in [-0.1, -0.05) is 30.3 Å². The van der Waals surface area contributed by atoms with Gasteiger partial charge in [0.2, 0.25) is 6.29 Å². The summed E-state index contributed by atoms with van der Waals surface area (Å²) in [6, 6.07) is 10.8. The highest BCUT2D eigenvalue weighted by atomic mass is 16.7. The van der Waals surface area contributed by atoms with Gasteiger partial charge in [-0.3, -0.25) is 0 Å². The molecule has 33 heavy (non-hydrogen) atoms. The van der Waals surface area contributed by atoms with Gasteiger partial charge in [0, 0.05) is 18.8 Å². The second-order valence-electron chi connectivity index (χ2n) is 6.89. The highest BCUT2D eigenvalue weighted by Gasteiger charge is 2.25. The number of quaternary nitrogens is 2. The number of hydrogen-bond donors (Lipinski definition) is 4. The van der Waals surface area contributed by atoms with Gasteiger partial charge in [0.05, 0.1) is 0 Å². The molecule has 0 spiro atoms. The van der Waals surface area contributed by atoms with Gasteiger partial charge >= 0.3 is 11.9 Å². The third-order valence-corrected chi connectivity index (χ3v) is 4.47. The van der Waals surface area contributed by atoms with Crippen LogP contribution >= 0.6 is 0 Å². The Morgan fingerprint density at radius 2 is 1.24 bits per heavy atom. The van der Waals surface area contributed by atoms with E-state index in [4.69, 9.17) is 49.1 Å². The number of rotatable bonds is 8. The molecule has 0 bridgehead atoms. The maximum atomic E-state index is 9.04. The van der Waals surface area contributed by atoms with Crippen LogP contribution in [0.25, 0.3) is 0 Å². The number of carboxylic acid groups (broad SMARTS) is 4. The van der Waals surface area contributed by atoms with E-state index in [1.807, 2.05) is 13.8 Å². The Morgan fingerprint density at radius 1 is 0.848 bits per heavy atom. The molecular weight excluding hydrogens is 440 g/mol. The van der Waals surface area contributed by atoms with Gasteiger partial charge in [-0.25, -0.2) is 9.59 Å². The molecule has 0 radical (unpaired) electrons. The zero-order chi connectivity index (χ0) is 25.2. The van der Waals surface area contributed by atoms with E-state index in [0.29, 0.717) is 0 Å². The Hall–Kier alpha value is -3.06. The number of hydrogen-bond acceptors (Lipinski definition) is 8. The first-order valence-electron chi connectivity index (χ1n) is 10.4. The Labute approximate surface area is 191 Å². The van der Waals surface area contributed by atoms with E-state index in [9.17, 15) is 0 Å². The fourth-order valence-corrected chi connectivity index (χ4v) is 3.00. The molecule has 2 rings (SSSR count). The van der Waals surface area contributed by atoms with Crippen LogP contribution in [0.15, 0.2) is 30.3 Å². The molecule has 4 N–H and O–H groups in total. The number of carbonyl (C=O) groups excluding carboxylic acids is 2. The molecule has 0 aliphatic carbocycles. The molecule has 1 aliphatic rings. The van der Waals surface area contributed by atoms with Crippen LogP contribution in [0.3, 0.4) is 0 Å². The minimum Gasteiger partial charge on any atom is -0.539 e. The molecule has 1 aromatic rings. The Bertz CT molecular complexity index is 667. The van der Waals surface area contributed by atoms with E-state index in [2.05, 4.69) is 30.3 Å². The third kappa shape index (κ3) is 15.4. The van der Waals surface area contributed by atoms with Crippen LogP contribution in [-0.4, -0.2) is 86.3 Å². The molecule has 12 nitrogen and oxygen atoms in total. The summed E-state index contributed by atoms with van der Waals surface area (Å²) >= 11 is 0. The standard InChI is InChI=1S/C17H28N2O2.2C2H2O4/c1-3-20-17(21-4-2)15-19-12-10-18(11-13-19)14-16-8-6-5-7-9-16;2*3-1(4)2(5)6/h5-9,17H,3-4,10-15H2,1-2H3;2*(H,3,4)(H,5,6). The molecule has 0 aromatic heterocycles. The first kappa shape index (κ1) is 29.9. The molecular formula is C21H32N2O10. The van der Waals surface area contributed by atoms with Crippen LogP contribution in [0, 0.1) is 0 Å². The summed E-state index contributed by atoms with van der Waals surface area (Å²) in [4.78, 5) is 39.4. The summed E-state index contributed by atoms with van der Waals surface area (Å²) in [7, 11) is 0. The SMILES string of the molecule is CCOC(C[NH+]1CC[NH+](Cc2ccccc2)CC1)OCC.O=C([O-])C(=O)O.O=C([O-])C(=O)O. The number of aliphatic carboxylic acids is 4. The van der Waals surface area contributed by atoms with Gasteiger partial charge in [0.25, 0.3) is 0 Å². The van der Waals surface area contributed by atoms with Crippen molar-refractivity contribution in [1.82, 2.24) is 0 Å². The van der Waals surface area contributed by atoms with Crippen molar-refractivity contribution in [2.75, 3.05) is 45.9 Å². The van der Waals surface area contributed by atoms with E-state index in [-0.39, 0.29) is 6.29 Å². The monoisotopic (exact) mass is 472 g/mol. The Balaban J connectivity index is 0.000000705. The fourth-order valence-electron chi connectivity index (χ4n) is 3.00. The van der Waals surface area contributed by atoms with Crippen molar-refractivity contribution in [2.45, 2.75) is 26.7 Å². The highest BCUT2D eigenvalue weighted by molar-refractivity contribution is 6.26. The van der Waals surface area contributed by atoms with Gasteiger partial charge in [-0.2, -0.15) is 0 Å². The van der Waals surface area contributed by atoms with Crippen LogP contribution in [0.5, 0.6) is 0 Å². The van der Waals surface area contributed by atoms with Crippen LogP contribution in [-0.2, 0) is 35.2 Å². The Kier molecular flexibility index (Phi) is 15.9. The zero-order valence-electron chi connectivity index (χ0n) is 18.8. The summed E-state index contributed by atoms with van der Waals surface area (Å²) in [6.07, 6.45) is -0.0364.